The summed E-state index contributed by atoms with van der Waals surface area (Å²) in [7, 11) is -2.52. The summed E-state index contributed by atoms with van der Waals surface area (Å²) in [6, 6.07) is 9.46. The fourth-order valence-corrected chi connectivity index (χ4v) is 5.77. The number of benzene rings is 2. The average Bonchev–Trinajstić information content (AvgIpc) is 3.14. The lowest BCUT2D eigenvalue weighted by Crippen LogP contribution is -2.55. The Morgan fingerprint density at radius 1 is 1.14 bits per heavy atom. The topological polar surface area (TPSA) is 105 Å². The van der Waals surface area contributed by atoms with Crippen LogP contribution in [0.4, 0.5) is 10.1 Å². The van der Waals surface area contributed by atoms with Gasteiger partial charge in [0.25, 0.3) is 0 Å². The molecule has 35 heavy (non-hydrogen) atoms. The number of carbonyl (C=O) groups excluding carboxylic acids is 1. The van der Waals surface area contributed by atoms with E-state index in [0.29, 0.717) is 43.9 Å². The van der Waals surface area contributed by atoms with Gasteiger partial charge in [0.05, 0.1) is 10.4 Å². The number of carbonyl (C=O) groups is 1. The second-order valence-corrected chi connectivity index (χ2v) is 11.0. The van der Waals surface area contributed by atoms with Gasteiger partial charge < -0.3 is 14.2 Å². The zero-order valence-electron chi connectivity index (χ0n) is 19.4. The molecule has 1 saturated heterocycles. The first-order valence-corrected chi connectivity index (χ1v) is 14.0. The van der Waals surface area contributed by atoms with Gasteiger partial charge in [0.2, 0.25) is 15.9 Å². The SMILES string of the molecule is CSCC[C@@H](NS(=O)(=O)c1ccc2c(c1)oc(=O)n2C)C(=O)N1CCN(c2ccc(F)cc2)CC1. The van der Waals surface area contributed by atoms with Crippen LogP contribution in [-0.4, -0.2) is 68.0 Å². The molecule has 1 atom stereocenters. The molecule has 12 heteroatoms. The molecule has 3 aromatic rings. The number of aryl methyl sites for hydroxylation is 1. The molecule has 2 heterocycles. The third-order valence-corrected chi connectivity index (χ3v) is 8.18. The second-order valence-electron chi connectivity index (χ2n) is 8.30. The first-order valence-electron chi connectivity index (χ1n) is 11.1. The Balaban J connectivity index is 1.48. The zero-order chi connectivity index (χ0) is 25.2. The Labute approximate surface area is 206 Å². The normalized spacial score (nSPS) is 15.5. The molecule has 1 fully saturated rings. The van der Waals surface area contributed by atoms with Crippen LogP contribution in [0, 0.1) is 5.82 Å². The minimum atomic E-state index is -4.05. The molecule has 4 rings (SSSR count). The highest BCUT2D eigenvalue weighted by atomic mass is 32.2. The number of halogens is 1. The van der Waals surface area contributed by atoms with Crippen molar-refractivity contribution in [2.75, 3.05) is 43.1 Å². The second kappa shape index (κ2) is 10.4. The van der Waals surface area contributed by atoms with Gasteiger partial charge in [-0.3, -0.25) is 9.36 Å². The Morgan fingerprint density at radius 2 is 1.83 bits per heavy atom. The number of hydrogen-bond acceptors (Lipinski definition) is 7. The van der Waals surface area contributed by atoms with Crippen LogP contribution >= 0.6 is 11.8 Å². The number of sulfonamides is 1. The van der Waals surface area contributed by atoms with Crippen LogP contribution in [0.25, 0.3) is 11.1 Å². The molecule has 1 aliphatic heterocycles. The molecular formula is C23H27FN4O5S2. The van der Waals surface area contributed by atoms with Gasteiger partial charge in [0.1, 0.15) is 11.9 Å². The number of amides is 1. The van der Waals surface area contributed by atoms with Gasteiger partial charge in [-0.1, -0.05) is 0 Å². The summed E-state index contributed by atoms with van der Waals surface area (Å²) in [6.07, 6.45) is 2.23. The number of nitrogens with zero attached hydrogens (tertiary/aromatic N) is 3. The number of rotatable bonds is 8. The molecule has 0 bridgehead atoms. The summed E-state index contributed by atoms with van der Waals surface area (Å²) < 4.78 is 48.5. The van der Waals surface area contributed by atoms with Crippen molar-refractivity contribution in [2.45, 2.75) is 17.4 Å². The molecule has 1 amide bonds. The Kier molecular flexibility index (Phi) is 7.53. The highest BCUT2D eigenvalue weighted by molar-refractivity contribution is 7.98. The van der Waals surface area contributed by atoms with Crippen molar-refractivity contribution in [3.05, 3.63) is 58.8 Å². The maximum atomic E-state index is 13.3. The third kappa shape index (κ3) is 5.54. The van der Waals surface area contributed by atoms with Gasteiger partial charge in [-0.05, 0) is 54.8 Å². The van der Waals surface area contributed by atoms with Gasteiger partial charge in [0, 0.05) is 45.0 Å². The Bertz CT molecular complexity index is 1360. The molecule has 0 unspecified atom stereocenters. The van der Waals surface area contributed by atoms with Crippen LogP contribution in [0.1, 0.15) is 6.42 Å². The van der Waals surface area contributed by atoms with Crippen molar-refractivity contribution in [1.29, 1.82) is 0 Å². The highest BCUT2D eigenvalue weighted by Crippen LogP contribution is 2.20. The summed E-state index contributed by atoms with van der Waals surface area (Å²) in [5, 5.41) is 0. The van der Waals surface area contributed by atoms with E-state index in [9.17, 15) is 22.4 Å². The van der Waals surface area contributed by atoms with E-state index in [1.54, 1.807) is 17.0 Å². The van der Waals surface area contributed by atoms with E-state index in [0.717, 1.165) is 5.69 Å². The lowest BCUT2D eigenvalue weighted by Gasteiger charge is -2.37. The quantitative estimate of drug-likeness (QED) is 0.483. The van der Waals surface area contributed by atoms with Crippen LogP contribution in [0.3, 0.4) is 0 Å². The van der Waals surface area contributed by atoms with Gasteiger partial charge in [0.15, 0.2) is 5.58 Å². The van der Waals surface area contributed by atoms with E-state index in [2.05, 4.69) is 9.62 Å². The summed E-state index contributed by atoms with van der Waals surface area (Å²) >= 11 is 1.52. The fraction of sp³-hybridized carbons (Fsp3) is 0.391. The molecule has 1 N–H and O–H groups in total. The Hall–Kier alpha value is -2.83. The van der Waals surface area contributed by atoms with E-state index in [1.807, 2.05) is 6.26 Å². The number of piperazine rings is 1. The monoisotopic (exact) mass is 522 g/mol. The lowest BCUT2D eigenvalue weighted by atomic mass is 10.2. The van der Waals surface area contributed by atoms with Crippen LogP contribution in [-0.2, 0) is 21.9 Å². The number of hydrogen-bond donors (Lipinski definition) is 1. The summed E-state index contributed by atoms with van der Waals surface area (Å²) in [5.41, 5.74) is 1.51. The van der Waals surface area contributed by atoms with Gasteiger partial charge in [-0.15, -0.1) is 0 Å². The summed E-state index contributed by atoms with van der Waals surface area (Å²) in [5.74, 6) is -0.579. The van der Waals surface area contributed by atoms with Crippen molar-refractivity contribution >= 4 is 44.5 Å². The largest absolute Gasteiger partial charge is 0.419 e. The van der Waals surface area contributed by atoms with Crippen LogP contribution < -0.4 is 15.4 Å². The predicted octanol–water partition coefficient (Wildman–Crippen LogP) is 2.02. The molecule has 0 spiro atoms. The van der Waals surface area contributed by atoms with E-state index in [-0.39, 0.29) is 22.2 Å². The smallest absolute Gasteiger partial charge is 0.408 e. The molecular weight excluding hydrogens is 495 g/mol. The third-order valence-electron chi connectivity index (χ3n) is 6.06. The van der Waals surface area contributed by atoms with Crippen LogP contribution in [0.2, 0.25) is 0 Å². The molecule has 0 radical (unpaired) electrons. The number of oxazole rings is 1. The molecule has 1 aliphatic rings. The number of aromatic nitrogens is 1. The molecule has 0 saturated carbocycles. The molecule has 188 valence electrons. The van der Waals surface area contributed by atoms with E-state index in [4.69, 9.17) is 4.42 Å². The van der Waals surface area contributed by atoms with Crippen LogP contribution in [0.15, 0.2) is 56.6 Å². The minimum Gasteiger partial charge on any atom is -0.408 e. The molecule has 2 aromatic carbocycles. The first-order chi connectivity index (χ1) is 16.7. The van der Waals surface area contributed by atoms with Crippen molar-refractivity contribution in [2.24, 2.45) is 7.05 Å². The fourth-order valence-electron chi connectivity index (χ4n) is 4.06. The Morgan fingerprint density at radius 3 is 2.49 bits per heavy atom. The number of fused-ring (bicyclic) bond motifs is 1. The zero-order valence-corrected chi connectivity index (χ0v) is 21.1. The number of nitrogens with one attached hydrogen (secondary N) is 1. The van der Waals surface area contributed by atoms with Crippen molar-refractivity contribution in [3.63, 3.8) is 0 Å². The average molecular weight is 523 g/mol. The maximum absolute atomic E-state index is 13.3. The van der Waals surface area contributed by atoms with E-state index in [1.165, 1.54) is 53.7 Å². The predicted molar refractivity (Wildman–Crippen MR) is 134 cm³/mol. The summed E-state index contributed by atoms with van der Waals surface area (Å²) in [6.45, 7) is 1.97. The summed E-state index contributed by atoms with van der Waals surface area (Å²) in [4.78, 5) is 28.7. The molecule has 1 aromatic heterocycles. The molecule has 9 nitrogen and oxygen atoms in total. The molecule has 0 aliphatic carbocycles. The first kappa shape index (κ1) is 25.3. The van der Waals surface area contributed by atoms with E-state index >= 15 is 0 Å². The number of anilines is 1. The van der Waals surface area contributed by atoms with Gasteiger partial charge in [-0.25, -0.2) is 17.6 Å². The van der Waals surface area contributed by atoms with Crippen molar-refractivity contribution < 1.29 is 22.0 Å². The van der Waals surface area contributed by atoms with Crippen LogP contribution in [0.5, 0.6) is 0 Å². The minimum absolute atomic E-state index is 0.0811. The van der Waals surface area contributed by atoms with Crippen molar-refractivity contribution in [1.82, 2.24) is 14.2 Å². The van der Waals surface area contributed by atoms with Gasteiger partial charge in [-0.2, -0.15) is 16.5 Å². The standard InChI is InChI=1S/C23H27FN4O5S2/c1-26-20-8-7-18(15-21(20)33-23(26)30)35(31,32)25-19(9-14-34-2)22(29)28-12-10-27(11-13-28)17-5-3-16(24)4-6-17/h3-8,15,19,25H,9-14H2,1-2H3/t19-/m1/s1. The lowest BCUT2D eigenvalue weighted by molar-refractivity contribution is -0.133. The number of thioether (sulfide) groups is 1. The maximum Gasteiger partial charge on any atom is 0.419 e. The van der Waals surface area contributed by atoms with E-state index < -0.39 is 21.8 Å². The van der Waals surface area contributed by atoms with Crippen molar-refractivity contribution in [3.8, 4) is 0 Å². The highest BCUT2D eigenvalue weighted by Gasteiger charge is 2.31. The van der Waals surface area contributed by atoms with Gasteiger partial charge >= 0.3 is 5.76 Å².